The molecule has 2 unspecified atom stereocenters. The maximum Gasteiger partial charge on any atom is 0.120 e. The Morgan fingerprint density at radius 3 is 2.61 bits per heavy atom. The molecule has 1 heterocycles. The molecule has 2 rings (SSSR count). The Labute approximate surface area is 111 Å². The third-order valence-electron chi connectivity index (χ3n) is 4.31. The molecule has 0 radical (unpaired) electrons. The van der Waals surface area contributed by atoms with Gasteiger partial charge in [-0.15, -0.1) is 0 Å². The minimum Gasteiger partial charge on any atom is -0.468 e. The highest BCUT2D eigenvalue weighted by molar-refractivity contribution is 5.04. The predicted octanol–water partition coefficient (Wildman–Crippen LogP) is 4.54. The summed E-state index contributed by atoms with van der Waals surface area (Å²) < 4.78 is 5.50. The Morgan fingerprint density at radius 1 is 1.28 bits per heavy atom. The number of furan rings is 1. The standard InChI is InChI=1S/C16H27NO/c1-12(15-10-7-11-18-15)17-14-9-6-5-8-13(14)16(2,3)4/h7,10-14,17H,5-6,8-9H2,1-4H3/t12-,13?,14?/m1/s1. The molecular weight excluding hydrogens is 222 g/mol. The van der Waals surface area contributed by atoms with Crippen molar-refractivity contribution in [1.82, 2.24) is 5.32 Å². The molecule has 102 valence electrons. The first-order chi connectivity index (χ1) is 8.48. The third kappa shape index (κ3) is 3.17. The van der Waals surface area contributed by atoms with E-state index in [0.717, 1.165) is 11.7 Å². The molecule has 0 spiro atoms. The van der Waals surface area contributed by atoms with E-state index in [4.69, 9.17) is 4.42 Å². The Bertz CT molecular complexity index is 350. The maximum absolute atomic E-state index is 5.50. The Balaban J connectivity index is 2.01. The van der Waals surface area contributed by atoms with Crippen LogP contribution in [-0.4, -0.2) is 6.04 Å². The molecule has 1 fully saturated rings. The second-order valence-corrected chi connectivity index (χ2v) is 6.77. The van der Waals surface area contributed by atoms with Crippen LogP contribution >= 0.6 is 0 Å². The molecule has 0 aromatic carbocycles. The highest BCUT2D eigenvalue weighted by Gasteiger charge is 2.34. The van der Waals surface area contributed by atoms with Gasteiger partial charge in [-0.2, -0.15) is 0 Å². The molecular formula is C16H27NO. The fourth-order valence-electron chi connectivity index (χ4n) is 3.31. The van der Waals surface area contributed by atoms with Crippen LogP contribution < -0.4 is 5.32 Å². The monoisotopic (exact) mass is 249 g/mol. The van der Waals surface area contributed by atoms with Gasteiger partial charge in [0.25, 0.3) is 0 Å². The molecule has 0 amide bonds. The highest BCUT2D eigenvalue weighted by atomic mass is 16.3. The van der Waals surface area contributed by atoms with Crippen molar-refractivity contribution in [3.05, 3.63) is 24.2 Å². The average molecular weight is 249 g/mol. The summed E-state index contributed by atoms with van der Waals surface area (Å²) in [7, 11) is 0. The Hall–Kier alpha value is -0.760. The fourth-order valence-corrected chi connectivity index (χ4v) is 3.31. The zero-order valence-corrected chi connectivity index (χ0v) is 12.2. The summed E-state index contributed by atoms with van der Waals surface area (Å²) in [5, 5.41) is 3.78. The molecule has 1 aliphatic carbocycles. The largest absolute Gasteiger partial charge is 0.468 e. The van der Waals surface area contributed by atoms with Crippen LogP contribution in [0.1, 0.15) is 65.2 Å². The van der Waals surface area contributed by atoms with E-state index in [9.17, 15) is 0 Å². The van der Waals surface area contributed by atoms with E-state index in [0.29, 0.717) is 17.5 Å². The summed E-state index contributed by atoms with van der Waals surface area (Å²) in [6.07, 6.45) is 7.15. The van der Waals surface area contributed by atoms with Gasteiger partial charge in [0.15, 0.2) is 0 Å². The quantitative estimate of drug-likeness (QED) is 0.851. The van der Waals surface area contributed by atoms with Crippen LogP contribution in [0.25, 0.3) is 0 Å². The Kier molecular flexibility index (Phi) is 4.16. The van der Waals surface area contributed by atoms with Crippen molar-refractivity contribution in [2.75, 3.05) is 0 Å². The van der Waals surface area contributed by atoms with Crippen LogP contribution in [0, 0.1) is 11.3 Å². The first-order valence-corrected chi connectivity index (χ1v) is 7.28. The van der Waals surface area contributed by atoms with Gasteiger partial charge in [-0.3, -0.25) is 0 Å². The number of hydrogen-bond acceptors (Lipinski definition) is 2. The second-order valence-electron chi connectivity index (χ2n) is 6.77. The molecule has 1 aliphatic rings. The van der Waals surface area contributed by atoms with E-state index in [2.05, 4.69) is 39.1 Å². The summed E-state index contributed by atoms with van der Waals surface area (Å²) >= 11 is 0. The van der Waals surface area contributed by atoms with Crippen LogP contribution in [0.2, 0.25) is 0 Å². The Morgan fingerprint density at radius 2 is 2.00 bits per heavy atom. The van der Waals surface area contributed by atoms with Crippen LogP contribution in [0.3, 0.4) is 0 Å². The van der Waals surface area contributed by atoms with Crippen molar-refractivity contribution >= 4 is 0 Å². The van der Waals surface area contributed by atoms with Gasteiger partial charge in [-0.05, 0) is 43.2 Å². The van der Waals surface area contributed by atoms with E-state index in [1.807, 2.05) is 6.07 Å². The first kappa shape index (κ1) is 13.7. The maximum atomic E-state index is 5.50. The fraction of sp³-hybridized carbons (Fsp3) is 0.750. The molecule has 1 saturated carbocycles. The lowest BCUT2D eigenvalue weighted by atomic mass is 9.69. The summed E-state index contributed by atoms with van der Waals surface area (Å²) in [4.78, 5) is 0. The average Bonchev–Trinajstić information content (AvgIpc) is 2.81. The molecule has 1 aromatic heterocycles. The first-order valence-electron chi connectivity index (χ1n) is 7.28. The third-order valence-corrected chi connectivity index (χ3v) is 4.31. The van der Waals surface area contributed by atoms with Gasteiger partial charge in [0, 0.05) is 6.04 Å². The van der Waals surface area contributed by atoms with Crippen molar-refractivity contribution < 1.29 is 4.42 Å². The molecule has 0 saturated heterocycles. The lowest BCUT2D eigenvalue weighted by Gasteiger charge is -2.42. The SMILES string of the molecule is C[C@@H](NC1CCCCC1C(C)(C)C)c1ccco1. The van der Waals surface area contributed by atoms with E-state index in [-0.39, 0.29) is 0 Å². The molecule has 2 nitrogen and oxygen atoms in total. The van der Waals surface area contributed by atoms with Gasteiger partial charge in [-0.25, -0.2) is 0 Å². The highest BCUT2D eigenvalue weighted by Crippen LogP contribution is 2.38. The molecule has 3 atom stereocenters. The van der Waals surface area contributed by atoms with Crippen molar-refractivity contribution in [1.29, 1.82) is 0 Å². The molecule has 1 N–H and O–H groups in total. The van der Waals surface area contributed by atoms with Crippen LogP contribution in [0.15, 0.2) is 22.8 Å². The van der Waals surface area contributed by atoms with Crippen molar-refractivity contribution in [2.24, 2.45) is 11.3 Å². The van der Waals surface area contributed by atoms with E-state index >= 15 is 0 Å². The molecule has 18 heavy (non-hydrogen) atoms. The van der Waals surface area contributed by atoms with Crippen LogP contribution in [0.4, 0.5) is 0 Å². The lowest BCUT2D eigenvalue weighted by Crippen LogP contribution is -2.45. The van der Waals surface area contributed by atoms with E-state index < -0.39 is 0 Å². The zero-order chi connectivity index (χ0) is 13.2. The molecule has 0 aliphatic heterocycles. The van der Waals surface area contributed by atoms with E-state index in [1.54, 1.807) is 6.26 Å². The van der Waals surface area contributed by atoms with Gasteiger partial charge in [0.2, 0.25) is 0 Å². The molecule has 1 aromatic rings. The second kappa shape index (κ2) is 5.48. The molecule has 0 bridgehead atoms. The predicted molar refractivity (Wildman–Crippen MR) is 75.5 cm³/mol. The summed E-state index contributed by atoms with van der Waals surface area (Å²) in [6.45, 7) is 9.31. The summed E-state index contributed by atoms with van der Waals surface area (Å²) in [6, 6.07) is 4.97. The lowest BCUT2D eigenvalue weighted by molar-refractivity contribution is 0.122. The van der Waals surface area contributed by atoms with Gasteiger partial charge in [-0.1, -0.05) is 33.6 Å². The van der Waals surface area contributed by atoms with Crippen LogP contribution in [-0.2, 0) is 0 Å². The van der Waals surface area contributed by atoms with Gasteiger partial charge in [0.05, 0.1) is 12.3 Å². The topological polar surface area (TPSA) is 25.2 Å². The number of rotatable bonds is 3. The zero-order valence-electron chi connectivity index (χ0n) is 12.2. The van der Waals surface area contributed by atoms with Crippen molar-refractivity contribution in [3.63, 3.8) is 0 Å². The minimum atomic E-state index is 0.313. The minimum absolute atomic E-state index is 0.313. The van der Waals surface area contributed by atoms with E-state index in [1.165, 1.54) is 25.7 Å². The van der Waals surface area contributed by atoms with Crippen molar-refractivity contribution in [3.8, 4) is 0 Å². The van der Waals surface area contributed by atoms with Gasteiger partial charge < -0.3 is 9.73 Å². The van der Waals surface area contributed by atoms with Gasteiger partial charge in [0.1, 0.15) is 5.76 Å². The summed E-state index contributed by atoms with van der Waals surface area (Å²) in [5.41, 5.74) is 0.390. The number of hydrogen-bond donors (Lipinski definition) is 1. The number of nitrogens with one attached hydrogen (secondary N) is 1. The normalized spacial score (nSPS) is 27.1. The van der Waals surface area contributed by atoms with Crippen LogP contribution in [0.5, 0.6) is 0 Å². The summed E-state index contributed by atoms with van der Waals surface area (Å²) in [5.74, 6) is 1.82. The smallest absolute Gasteiger partial charge is 0.120 e. The molecule has 2 heteroatoms. The van der Waals surface area contributed by atoms with Gasteiger partial charge >= 0.3 is 0 Å². The van der Waals surface area contributed by atoms with Crippen molar-refractivity contribution in [2.45, 2.75) is 65.5 Å².